The van der Waals surface area contributed by atoms with E-state index in [0.717, 1.165) is 23.3 Å². The molecule has 0 aliphatic heterocycles. The van der Waals surface area contributed by atoms with Crippen LogP contribution in [0.25, 0.3) is 0 Å². The Hall–Kier alpha value is -1.02. The van der Waals surface area contributed by atoms with Crippen LogP contribution in [0.4, 0.5) is 13.2 Å². The fourth-order valence-corrected chi connectivity index (χ4v) is 1.62. The van der Waals surface area contributed by atoms with Crippen LogP contribution in [0.3, 0.4) is 0 Å². The molecule has 0 fully saturated rings. The predicted molar refractivity (Wildman–Crippen MR) is 39.9 cm³/mol. The Morgan fingerprint density at radius 3 is 2.43 bits per heavy atom. The van der Waals surface area contributed by atoms with Gasteiger partial charge in [0.15, 0.2) is 0 Å². The van der Waals surface area contributed by atoms with Crippen LogP contribution in [0.5, 0.6) is 0 Å². The van der Waals surface area contributed by atoms with E-state index in [9.17, 15) is 21.6 Å². The van der Waals surface area contributed by atoms with Crippen molar-refractivity contribution >= 4 is 10.0 Å². The van der Waals surface area contributed by atoms with Crippen molar-refractivity contribution in [3.63, 3.8) is 0 Å². The molecule has 14 heavy (non-hydrogen) atoms. The maximum Gasteiger partial charge on any atom is 0.283 e. The summed E-state index contributed by atoms with van der Waals surface area (Å²) in [4.78, 5) is -0.402. The molecule has 0 saturated heterocycles. The first-order valence-corrected chi connectivity index (χ1v) is 4.88. The smallest absolute Gasteiger partial charge is 0.283 e. The molecule has 0 spiro atoms. The Bertz CT molecular complexity index is 375. The molecular weight excluding hydrogens is 223 g/mol. The molecule has 1 N–H and O–H groups in total. The lowest BCUT2D eigenvalue weighted by Crippen LogP contribution is -2.36. The van der Waals surface area contributed by atoms with Crippen LogP contribution < -0.4 is 4.72 Å². The highest BCUT2D eigenvalue weighted by Gasteiger charge is 2.26. The summed E-state index contributed by atoms with van der Waals surface area (Å²) in [6, 6.07) is 1.01. The largest absolute Gasteiger partial charge is 0.471 e. The van der Waals surface area contributed by atoms with Gasteiger partial charge in [-0.1, -0.05) is 0 Å². The van der Waals surface area contributed by atoms with Gasteiger partial charge in [0, 0.05) is 0 Å². The summed E-state index contributed by atoms with van der Waals surface area (Å²) in [6.07, 6.45) is -4.49. The fourth-order valence-electron chi connectivity index (χ4n) is 0.673. The van der Waals surface area contributed by atoms with Gasteiger partial charge in [-0.3, -0.25) is 0 Å². The molecular formula is C6H6F3NO3S. The van der Waals surface area contributed by atoms with Crippen molar-refractivity contribution in [1.82, 2.24) is 4.72 Å². The summed E-state index contributed by atoms with van der Waals surface area (Å²) < 4.78 is 63.4. The summed E-state index contributed by atoms with van der Waals surface area (Å²) in [5.74, 6) is 0. The zero-order valence-electron chi connectivity index (χ0n) is 6.65. The Morgan fingerprint density at radius 1 is 1.36 bits per heavy atom. The molecule has 1 heterocycles. The van der Waals surface area contributed by atoms with Crippen molar-refractivity contribution in [2.45, 2.75) is 17.6 Å². The lowest BCUT2D eigenvalue weighted by Gasteiger charge is -2.08. The third-order valence-corrected chi connectivity index (χ3v) is 2.68. The summed E-state index contributed by atoms with van der Waals surface area (Å²) in [5, 5.41) is 0. The number of alkyl halides is 3. The fraction of sp³-hybridized carbons (Fsp3) is 0.333. The van der Waals surface area contributed by atoms with Gasteiger partial charge in [-0.05, 0) is 6.07 Å². The van der Waals surface area contributed by atoms with Crippen molar-refractivity contribution in [3.05, 3.63) is 18.6 Å². The van der Waals surface area contributed by atoms with E-state index in [-0.39, 0.29) is 0 Å². The average Bonchev–Trinajstić information content (AvgIpc) is 2.54. The molecule has 0 saturated carbocycles. The van der Waals surface area contributed by atoms with Crippen LogP contribution in [0.15, 0.2) is 27.9 Å². The minimum absolute atomic E-state index is 0.402. The van der Waals surface area contributed by atoms with E-state index in [1.165, 1.54) is 0 Å². The second kappa shape index (κ2) is 4.01. The highest BCUT2D eigenvalue weighted by molar-refractivity contribution is 7.89. The van der Waals surface area contributed by atoms with Crippen LogP contribution >= 0.6 is 0 Å². The summed E-state index contributed by atoms with van der Waals surface area (Å²) in [5.41, 5.74) is 0. The quantitative estimate of drug-likeness (QED) is 0.787. The van der Waals surface area contributed by atoms with Gasteiger partial charge >= 0.3 is 0 Å². The molecule has 0 radical (unpaired) electrons. The zero-order chi connectivity index (χ0) is 10.8. The van der Waals surface area contributed by atoms with Gasteiger partial charge < -0.3 is 4.42 Å². The van der Waals surface area contributed by atoms with Gasteiger partial charge in [0.2, 0.25) is 16.3 Å². The molecule has 8 heteroatoms. The zero-order valence-corrected chi connectivity index (χ0v) is 7.47. The topological polar surface area (TPSA) is 59.3 Å². The van der Waals surface area contributed by atoms with E-state index >= 15 is 0 Å². The Balaban J connectivity index is 2.79. The molecule has 1 unspecified atom stereocenters. The Kier molecular flexibility index (Phi) is 3.17. The van der Waals surface area contributed by atoms with E-state index in [0.29, 0.717) is 0 Å². The van der Waals surface area contributed by atoms with Crippen LogP contribution in [-0.4, -0.2) is 21.1 Å². The van der Waals surface area contributed by atoms with E-state index in [4.69, 9.17) is 0 Å². The second-order valence-corrected chi connectivity index (χ2v) is 4.03. The Labute approximate surface area is 77.8 Å². The third kappa shape index (κ3) is 2.48. The van der Waals surface area contributed by atoms with Crippen LogP contribution in [0.1, 0.15) is 0 Å². The summed E-state index contributed by atoms with van der Waals surface area (Å²) in [6.45, 7) is 0. The maximum atomic E-state index is 12.3. The maximum absolute atomic E-state index is 12.3. The third-order valence-electron chi connectivity index (χ3n) is 1.29. The number of sulfonamides is 1. The van der Waals surface area contributed by atoms with Gasteiger partial charge in [-0.2, -0.15) is 4.72 Å². The van der Waals surface area contributed by atoms with E-state index in [2.05, 4.69) is 4.42 Å². The van der Waals surface area contributed by atoms with Crippen molar-refractivity contribution in [2.75, 3.05) is 0 Å². The molecule has 80 valence electrons. The normalized spacial score (nSPS) is 14.6. The van der Waals surface area contributed by atoms with Crippen LogP contribution in [0.2, 0.25) is 0 Å². The van der Waals surface area contributed by atoms with Crippen molar-refractivity contribution in [1.29, 1.82) is 0 Å². The van der Waals surface area contributed by atoms with Gasteiger partial charge in [-0.25, -0.2) is 21.6 Å². The lowest BCUT2D eigenvalue weighted by atomic mass is 10.7. The highest BCUT2D eigenvalue weighted by Crippen LogP contribution is 2.11. The highest BCUT2D eigenvalue weighted by atomic mass is 32.2. The lowest BCUT2D eigenvalue weighted by molar-refractivity contribution is 0.0440. The molecule has 0 bridgehead atoms. The first kappa shape index (κ1) is 11.1. The standard InChI is InChI=1S/C6H6F3NO3S/c7-5(8)6(9)10-14(11,12)4-1-2-13-3-4/h1-3,5-6,10H. The molecule has 1 atom stereocenters. The van der Waals surface area contributed by atoms with Crippen molar-refractivity contribution in [3.8, 4) is 0 Å². The van der Waals surface area contributed by atoms with Crippen molar-refractivity contribution in [2.24, 2.45) is 0 Å². The number of hydrogen-bond acceptors (Lipinski definition) is 3. The van der Waals surface area contributed by atoms with Crippen LogP contribution in [-0.2, 0) is 10.0 Å². The van der Waals surface area contributed by atoms with Gasteiger partial charge in [-0.15, -0.1) is 0 Å². The van der Waals surface area contributed by atoms with Gasteiger partial charge in [0.1, 0.15) is 11.2 Å². The molecule has 1 rings (SSSR count). The molecule has 4 nitrogen and oxygen atoms in total. The molecule has 0 aromatic carbocycles. The average molecular weight is 229 g/mol. The van der Waals surface area contributed by atoms with Crippen LogP contribution in [0, 0.1) is 0 Å². The molecule has 0 amide bonds. The number of rotatable bonds is 4. The first-order chi connectivity index (χ1) is 6.43. The second-order valence-electron chi connectivity index (χ2n) is 2.32. The predicted octanol–water partition coefficient (Wildman–Crippen LogP) is 1.12. The molecule has 0 aliphatic rings. The Morgan fingerprint density at radius 2 is 2.00 bits per heavy atom. The minimum atomic E-state index is -4.26. The van der Waals surface area contributed by atoms with E-state index in [1.807, 2.05) is 0 Å². The monoisotopic (exact) mass is 229 g/mol. The summed E-state index contributed by atoms with van der Waals surface area (Å²) in [7, 11) is -4.26. The number of halogens is 3. The van der Waals surface area contributed by atoms with E-state index < -0.39 is 27.6 Å². The molecule has 1 aromatic rings. The number of hydrogen-bond donors (Lipinski definition) is 1. The van der Waals surface area contributed by atoms with Crippen molar-refractivity contribution < 1.29 is 26.0 Å². The number of nitrogens with one attached hydrogen (secondary N) is 1. The van der Waals surface area contributed by atoms with E-state index in [1.54, 1.807) is 0 Å². The number of furan rings is 1. The summed E-state index contributed by atoms with van der Waals surface area (Å²) >= 11 is 0. The minimum Gasteiger partial charge on any atom is -0.471 e. The SMILES string of the molecule is O=S(=O)(NC(F)C(F)F)c1ccoc1. The first-order valence-electron chi connectivity index (χ1n) is 3.40. The van der Waals surface area contributed by atoms with Gasteiger partial charge in [0.05, 0.1) is 6.26 Å². The molecule has 1 aromatic heterocycles. The molecule has 0 aliphatic carbocycles. The van der Waals surface area contributed by atoms with Gasteiger partial charge in [0.25, 0.3) is 6.43 Å².